The zero-order valence-corrected chi connectivity index (χ0v) is 12.3. The molecule has 0 spiro atoms. The number of likely N-dealkylation sites (tertiary alicyclic amines) is 1. The molecule has 0 aromatic carbocycles. The number of carbonyl (C=O) groups is 1. The molecule has 6 nitrogen and oxygen atoms in total. The predicted octanol–water partition coefficient (Wildman–Crippen LogP) is 0.666. The molecule has 0 bridgehead atoms. The lowest BCUT2D eigenvalue weighted by molar-refractivity contribution is 0.0907. The molecule has 2 saturated heterocycles. The largest absolute Gasteiger partial charge is 0.378 e. The van der Waals surface area contributed by atoms with E-state index in [0.717, 1.165) is 13.1 Å². The normalized spacial score (nSPS) is 27.1. The van der Waals surface area contributed by atoms with Gasteiger partial charge in [0.05, 0.1) is 36.5 Å². The number of aromatic nitrogens is 2. The highest BCUT2D eigenvalue weighted by Crippen LogP contribution is 2.20. The highest BCUT2D eigenvalue weighted by atomic mass is 35.5. The molecular formula is C13H19ClN4O2. The maximum atomic E-state index is 12.3. The molecule has 1 aromatic rings. The summed E-state index contributed by atoms with van der Waals surface area (Å²) in [6.45, 7) is 3.42. The van der Waals surface area contributed by atoms with Crippen LogP contribution in [0, 0.1) is 0 Å². The van der Waals surface area contributed by atoms with Crippen LogP contribution in [0.4, 0.5) is 0 Å². The van der Waals surface area contributed by atoms with Crippen molar-refractivity contribution >= 4 is 17.5 Å². The Morgan fingerprint density at radius 1 is 1.45 bits per heavy atom. The Bertz CT molecular complexity index is 479. The van der Waals surface area contributed by atoms with Gasteiger partial charge in [0, 0.05) is 7.05 Å². The lowest BCUT2D eigenvalue weighted by Crippen LogP contribution is -2.50. The number of carbonyl (C=O) groups excluding carboxylic acids is 1. The van der Waals surface area contributed by atoms with Crippen LogP contribution >= 0.6 is 11.6 Å². The van der Waals surface area contributed by atoms with E-state index in [-0.39, 0.29) is 18.0 Å². The summed E-state index contributed by atoms with van der Waals surface area (Å²) in [7, 11) is 1.71. The Morgan fingerprint density at radius 2 is 2.20 bits per heavy atom. The summed E-state index contributed by atoms with van der Waals surface area (Å²) in [5.41, 5.74) is 0.402. The van der Waals surface area contributed by atoms with Crippen molar-refractivity contribution in [1.82, 2.24) is 20.0 Å². The van der Waals surface area contributed by atoms with Gasteiger partial charge in [-0.3, -0.25) is 14.4 Å². The van der Waals surface area contributed by atoms with Crippen molar-refractivity contribution in [3.05, 3.63) is 16.9 Å². The molecule has 7 heteroatoms. The fourth-order valence-corrected chi connectivity index (χ4v) is 3.27. The summed E-state index contributed by atoms with van der Waals surface area (Å²) in [6.07, 6.45) is 3.94. The average molecular weight is 299 g/mol. The molecule has 2 atom stereocenters. The van der Waals surface area contributed by atoms with Gasteiger partial charge in [-0.2, -0.15) is 5.10 Å². The third-order valence-electron chi connectivity index (χ3n) is 4.09. The van der Waals surface area contributed by atoms with Crippen molar-refractivity contribution in [3.8, 4) is 0 Å². The van der Waals surface area contributed by atoms with Gasteiger partial charge in [-0.15, -0.1) is 0 Å². The molecule has 0 saturated carbocycles. The van der Waals surface area contributed by atoms with Crippen molar-refractivity contribution in [2.75, 3.05) is 26.3 Å². The number of rotatable bonds is 3. The van der Waals surface area contributed by atoms with E-state index in [4.69, 9.17) is 16.3 Å². The van der Waals surface area contributed by atoms with E-state index < -0.39 is 0 Å². The Labute approximate surface area is 123 Å². The highest BCUT2D eigenvalue weighted by molar-refractivity contribution is 6.33. The zero-order chi connectivity index (χ0) is 14.1. The monoisotopic (exact) mass is 298 g/mol. The summed E-state index contributed by atoms with van der Waals surface area (Å²) in [5.74, 6) is -0.185. The quantitative estimate of drug-likeness (QED) is 0.891. The predicted molar refractivity (Wildman–Crippen MR) is 74.9 cm³/mol. The van der Waals surface area contributed by atoms with Gasteiger partial charge in [-0.1, -0.05) is 11.6 Å². The van der Waals surface area contributed by atoms with Crippen LogP contribution in [0.3, 0.4) is 0 Å². The van der Waals surface area contributed by atoms with Crippen LogP contribution in [0.5, 0.6) is 0 Å². The molecule has 2 fully saturated rings. The maximum absolute atomic E-state index is 12.3. The second kappa shape index (κ2) is 5.71. The van der Waals surface area contributed by atoms with Crippen molar-refractivity contribution in [3.63, 3.8) is 0 Å². The highest BCUT2D eigenvalue weighted by Gasteiger charge is 2.35. The van der Waals surface area contributed by atoms with E-state index in [1.807, 2.05) is 0 Å². The number of amides is 1. The first-order valence-corrected chi connectivity index (χ1v) is 7.35. The van der Waals surface area contributed by atoms with E-state index in [9.17, 15) is 4.79 Å². The maximum Gasteiger partial charge on any atom is 0.271 e. The molecule has 2 aliphatic heterocycles. The van der Waals surface area contributed by atoms with Crippen molar-refractivity contribution in [2.45, 2.75) is 24.9 Å². The van der Waals surface area contributed by atoms with Gasteiger partial charge in [0.15, 0.2) is 0 Å². The van der Waals surface area contributed by atoms with E-state index in [2.05, 4.69) is 15.3 Å². The molecule has 3 heterocycles. The van der Waals surface area contributed by atoms with Gasteiger partial charge in [0.2, 0.25) is 0 Å². The molecule has 1 N–H and O–H groups in total. The van der Waals surface area contributed by atoms with Crippen LogP contribution in [-0.4, -0.2) is 59.0 Å². The first kappa shape index (κ1) is 13.9. The first-order valence-electron chi connectivity index (χ1n) is 6.97. The topological polar surface area (TPSA) is 59.4 Å². The Balaban J connectivity index is 1.69. The molecule has 1 amide bonds. The van der Waals surface area contributed by atoms with Crippen LogP contribution in [0.25, 0.3) is 0 Å². The fraction of sp³-hybridized carbons (Fsp3) is 0.692. The van der Waals surface area contributed by atoms with E-state index in [1.54, 1.807) is 7.05 Å². The third kappa shape index (κ3) is 2.55. The van der Waals surface area contributed by atoms with Gasteiger partial charge in [0.25, 0.3) is 5.91 Å². The van der Waals surface area contributed by atoms with Gasteiger partial charge >= 0.3 is 0 Å². The summed E-state index contributed by atoms with van der Waals surface area (Å²) < 4.78 is 7.05. The SMILES string of the molecule is Cn1ncc(Cl)c1C(=O)N[C@H]1COC[C@@H]1N1CCCC1. The molecule has 0 unspecified atom stereocenters. The molecule has 3 rings (SSSR count). The summed E-state index contributed by atoms with van der Waals surface area (Å²) in [6, 6.07) is 0.292. The molecule has 2 aliphatic rings. The van der Waals surface area contributed by atoms with Crippen molar-refractivity contribution in [1.29, 1.82) is 0 Å². The van der Waals surface area contributed by atoms with Crippen LogP contribution in [0.1, 0.15) is 23.3 Å². The Kier molecular flexibility index (Phi) is 3.96. The summed E-state index contributed by atoms with van der Waals surface area (Å²) >= 11 is 6.00. The number of hydrogen-bond donors (Lipinski definition) is 1. The molecule has 0 aliphatic carbocycles. The molecule has 110 valence electrons. The summed E-state index contributed by atoms with van der Waals surface area (Å²) in [5, 5.41) is 7.41. The second-order valence-electron chi connectivity index (χ2n) is 5.39. The number of nitrogens with zero attached hydrogens (tertiary/aromatic N) is 3. The van der Waals surface area contributed by atoms with Gasteiger partial charge in [-0.05, 0) is 25.9 Å². The Morgan fingerprint density at radius 3 is 2.85 bits per heavy atom. The number of ether oxygens (including phenoxy) is 1. The number of aryl methyl sites for hydroxylation is 1. The van der Waals surface area contributed by atoms with E-state index in [0.29, 0.717) is 23.9 Å². The smallest absolute Gasteiger partial charge is 0.271 e. The molecular weight excluding hydrogens is 280 g/mol. The fourth-order valence-electron chi connectivity index (χ4n) is 3.02. The van der Waals surface area contributed by atoms with Crippen LogP contribution in [0.15, 0.2) is 6.20 Å². The minimum Gasteiger partial charge on any atom is -0.378 e. The zero-order valence-electron chi connectivity index (χ0n) is 11.5. The molecule has 1 aromatic heterocycles. The minimum absolute atomic E-state index is 0.0200. The average Bonchev–Trinajstić information content (AvgIpc) is 3.10. The van der Waals surface area contributed by atoms with Crippen molar-refractivity contribution < 1.29 is 9.53 Å². The van der Waals surface area contributed by atoms with Gasteiger partial charge < -0.3 is 10.1 Å². The van der Waals surface area contributed by atoms with Crippen LogP contribution < -0.4 is 5.32 Å². The first-order chi connectivity index (χ1) is 9.66. The molecule has 0 radical (unpaired) electrons. The second-order valence-corrected chi connectivity index (χ2v) is 5.80. The number of hydrogen-bond acceptors (Lipinski definition) is 4. The molecule has 20 heavy (non-hydrogen) atoms. The lowest BCUT2D eigenvalue weighted by Gasteiger charge is -2.27. The van der Waals surface area contributed by atoms with Crippen LogP contribution in [0.2, 0.25) is 5.02 Å². The van der Waals surface area contributed by atoms with Gasteiger partial charge in [0.1, 0.15) is 5.69 Å². The standard InChI is InChI=1S/C13H19ClN4O2/c1-17-12(9(14)6-15-17)13(19)16-10-7-20-8-11(10)18-4-2-3-5-18/h6,10-11H,2-5,7-8H2,1H3,(H,16,19)/t10-,11-/m0/s1. The minimum atomic E-state index is -0.185. The number of halogens is 1. The summed E-state index contributed by atoms with van der Waals surface area (Å²) in [4.78, 5) is 14.7. The van der Waals surface area contributed by atoms with E-state index >= 15 is 0 Å². The third-order valence-corrected chi connectivity index (χ3v) is 4.36. The van der Waals surface area contributed by atoms with Crippen molar-refractivity contribution in [2.24, 2.45) is 7.05 Å². The van der Waals surface area contributed by atoms with Gasteiger partial charge in [-0.25, -0.2) is 0 Å². The lowest BCUT2D eigenvalue weighted by atomic mass is 10.1. The Hall–Kier alpha value is -1.11. The number of nitrogens with one attached hydrogen (secondary N) is 1. The van der Waals surface area contributed by atoms with Crippen LogP contribution in [-0.2, 0) is 11.8 Å². The van der Waals surface area contributed by atoms with E-state index in [1.165, 1.54) is 23.7 Å².